The van der Waals surface area contributed by atoms with E-state index in [0.29, 0.717) is 22.2 Å². The Morgan fingerprint density at radius 1 is 0.897 bits per heavy atom. The van der Waals surface area contributed by atoms with Crippen LogP contribution in [0, 0.1) is 0 Å². The molecule has 0 heterocycles. The number of hydrogen-bond donors (Lipinski definition) is 1. The number of carbonyl (C=O) groups is 2. The van der Waals surface area contributed by atoms with E-state index in [1.165, 1.54) is 11.0 Å². The molecule has 7 nitrogen and oxygen atoms in total. The quantitative estimate of drug-likeness (QED) is 0.273. The summed E-state index contributed by atoms with van der Waals surface area (Å²) in [6.07, 6.45) is 2.98. The number of sulfonamides is 1. The predicted octanol–water partition coefficient (Wildman–Crippen LogP) is 5.32. The largest absolute Gasteiger partial charge is 0.354 e. The summed E-state index contributed by atoms with van der Waals surface area (Å²) in [6.45, 7) is 2.05. The van der Waals surface area contributed by atoms with E-state index >= 15 is 0 Å². The van der Waals surface area contributed by atoms with E-state index in [-0.39, 0.29) is 24.6 Å². The van der Waals surface area contributed by atoms with Crippen molar-refractivity contribution in [3.8, 4) is 0 Å². The third-order valence-corrected chi connectivity index (χ3v) is 7.73. The highest BCUT2D eigenvalue weighted by Gasteiger charge is 2.33. The molecule has 3 aromatic carbocycles. The van der Waals surface area contributed by atoms with Gasteiger partial charge in [-0.05, 0) is 47.9 Å². The predicted molar refractivity (Wildman–Crippen MR) is 157 cm³/mol. The van der Waals surface area contributed by atoms with Crippen LogP contribution >= 0.6 is 23.2 Å². The SMILES string of the molecule is CCCCNC(=O)C(Cc1ccccc1)N(Cc1cccc(Cl)c1)C(=O)CN(c1cccc(Cl)c1)S(C)(=O)=O. The van der Waals surface area contributed by atoms with Crippen molar-refractivity contribution in [1.82, 2.24) is 10.2 Å². The van der Waals surface area contributed by atoms with Crippen LogP contribution in [0.1, 0.15) is 30.9 Å². The van der Waals surface area contributed by atoms with E-state index < -0.39 is 28.5 Å². The van der Waals surface area contributed by atoms with Crippen molar-refractivity contribution in [2.75, 3.05) is 23.7 Å². The van der Waals surface area contributed by atoms with E-state index in [9.17, 15) is 18.0 Å². The number of hydrogen-bond acceptors (Lipinski definition) is 4. The van der Waals surface area contributed by atoms with Crippen LogP contribution in [0.4, 0.5) is 5.69 Å². The van der Waals surface area contributed by atoms with Gasteiger partial charge in [0.05, 0.1) is 11.9 Å². The number of benzene rings is 3. The fourth-order valence-electron chi connectivity index (χ4n) is 4.14. The molecule has 0 aromatic heterocycles. The lowest BCUT2D eigenvalue weighted by Gasteiger charge is -2.33. The van der Waals surface area contributed by atoms with Gasteiger partial charge in [0, 0.05) is 29.6 Å². The maximum atomic E-state index is 14.0. The average molecular weight is 591 g/mol. The highest BCUT2D eigenvalue weighted by molar-refractivity contribution is 7.92. The Kier molecular flexibility index (Phi) is 11.2. The molecule has 0 radical (unpaired) electrons. The van der Waals surface area contributed by atoms with Crippen LogP contribution in [0.15, 0.2) is 78.9 Å². The minimum atomic E-state index is -3.86. The van der Waals surface area contributed by atoms with Crippen molar-refractivity contribution >= 4 is 50.7 Å². The van der Waals surface area contributed by atoms with Gasteiger partial charge in [0.25, 0.3) is 0 Å². The molecule has 0 fully saturated rings. The molecule has 1 atom stereocenters. The van der Waals surface area contributed by atoms with E-state index in [4.69, 9.17) is 23.2 Å². The summed E-state index contributed by atoms with van der Waals surface area (Å²) in [4.78, 5) is 29.0. The standard InChI is InChI=1S/C29H33Cl2N3O4S/c1-3-4-16-32-29(36)27(18-22-10-6-5-7-11-22)33(20-23-12-8-13-24(30)17-23)28(35)21-34(39(2,37)38)26-15-9-14-25(31)19-26/h5-15,17,19,27H,3-4,16,18,20-21H2,1-2H3,(H,32,36). The Balaban J connectivity index is 2.03. The smallest absolute Gasteiger partial charge is 0.244 e. The molecule has 3 aromatic rings. The van der Waals surface area contributed by atoms with Gasteiger partial charge >= 0.3 is 0 Å². The summed E-state index contributed by atoms with van der Waals surface area (Å²) >= 11 is 12.3. The monoisotopic (exact) mass is 589 g/mol. The van der Waals surface area contributed by atoms with Gasteiger partial charge < -0.3 is 10.2 Å². The first-order valence-corrected chi connectivity index (χ1v) is 15.3. The highest BCUT2D eigenvalue weighted by Crippen LogP contribution is 2.23. The van der Waals surface area contributed by atoms with E-state index in [1.807, 2.05) is 43.3 Å². The highest BCUT2D eigenvalue weighted by atomic mass is 35.5. The van der Waals surface area contributed by atoms with Crippen molar-refractivity contribution in [1.29, 1.82) is 0 Å². The van der Waals surface area contributed by atoms with Gasteiger partial charge in [0.2, 0.25) is 21.8 Å². The average Bonchev–Trinajstić information content (AvgIpc) is 2.89. The summed E-state index contributed by atoms with van der Waals surface area (Å²) in [7, 11) is -3.86. The second-order valence-electron chi connectivity index (χ2n) is 9.25. The number of rotatable bonds is 13. The number of halogens is 2. The maximum Gasteiger partial charge on any atom is 0.244 e. The van der Waals surface area contributed by atoms with Gasteiger partial charge in [-0.1, -0.05) is 85.1 Å². The number of unbranched alkanes of at least 4 members (excludes halogenated alkanes) is 1. The van der Waals surface area contributed by atoms with Crippen LogP contribution in [0.25, 0.3) is 0 Å². The van der Waals surface area contributed by atoms with E-state index in [0.717, 1.165) is 29.0 Å². The zero-order valence-corrected chi connectivity index (χ0v) is 24.3. The van der Waals surface area contributed by atoms with Crippen molar-refractivity contribution in [3.63, 3.8) is 0 Å². The molecular formula is C29H33Cl2N3O4S. The molecule has 208 valence electrons. The third kappa shape index (κ3) is 9.27. The van der Waals surface area contributed by atoms with E-state index in [2.05, 4.69) is 5.32 Å². The molecule has 0 saturated heterocycles. The minimum absolute atomic E-state index is 0.0608. The lowest BCUT2D eigenvalue weighted by molar-refractivity contribution is -0.140. The normalized spacial score (nSPS) is 12.0. The van der Waals surface area contributed by atoms with Gasteiger partial charge in [-0.3, -0.25) is 13.9 Å². The molecule has 1 N–H and O–H groups in total. The molecule has 0 saturated carbocycles. The lowest BCUT2D eigenvalue weighted by Crippen LogP contribution is -2.53. The topological polar surface area (TPSA) is 86.8 Å². The summed E-state index contributed by atoms with van der Waals surface area (Å²) in [5.74, 6) is -0.844. The molecule has 0 aliphatic rings. The van der Waals surface area contributed by atoms with Crippen molar-refractivity contribution in [2.45, 2.75) is 38.8 Å². The molecule has 10 heteroatoms. The fraction of sp³-hybridized carbons (Fsp3) is 0.310. The van der Waals surface area contributed by atoms with Gasteiger partial charge in [-0.15, -0.1) is 0 Å². The van der Waals surface area contributed by atoms with Gasteiger partial charge in [0.1, 0.15) is 12.6 Å². The van der Waals surface area contributed by atoms with Crippen LogP contribution in [0.5, 0.6) is 0 Å². The van der Waals surface area contributed by atoms with Crippen molar-refractivity contribution in [3.05, 3.63) is 100 Å². The number of nitrogens with one attached hydrogen (secondary N) is 1. The van der Waals surface area contributed by atoms with Gasteiger partial charge in [0.15, 0.2) is 0 Å². The molecule has 3 rings (SSSR count). The maximum absolute atomic E-state index is 14.0. The van der Waals surface area contributed by atoms with Crippen LogP contribution in [0.3, 0.4) is 0 Å². The Hall–Kier alpha value is -3.07. The summed E-state index contributed by atoms with van der Waals surface area (Å²) < 4.78 is 26.6. The molecular weight excluding hydrogens is 557 g/mol. The molecule has 0 bridgehead atoms. The van der Waals surface area contributed by atoms with Crippen LogP contribution in [-0.2, 0) is 32.6 Å². The molecule has 2 amide bonds. The second-order valence-corrected chi connectivity index (χ2v) is 12.0. The molecule has 1 unspecified atom stereocenters. The lowest BCUT2D eigenvalue weighted by atomic mass is 10.0. The Morgan fingerprint density at radius 3 is 2.15 bits per heavy atom. The Morgan fingerprint density at radius 2 is 1.54 bits per heavy atom. The number of amides is 2. The number of anilines is 1. The van der Waals surface area contributed by atoms with Crippen LogP contribution < -0.4 is 9.62 Å². The number of nitrogens with zero attached hydrogens (tertiary/aromatic N) is 2. The zero-order chi connectivity index (χ0) is 28.4. The molecule has 0 aliphatic carbocycles. The second kappa shape index (κ2) is 14.4. The third-order valence-electron chi connectivity index (χ3n) is 6.12. The van der Waals surface area contributed by atoms with Crippen LogP contribution in [-0.4, -0.2) is 50.5 Å². The summed E-state index contributed by atoms with van der Waals surface area (Å²) in [5, 5.41) is 3.78. The van der Waals surface area contributed by atoms with Crippen LogP contribution in [0.2, 0.25) is 10.0 Å². The minimum Gasteiger partial charge on any atom is -0.354 e. The zero-order valence-electron chi connectivity index (χ0n) is 22.0. The van der Waals surface area contributed by atoms with Gasteiger partial charge in [-0.25, -0.2) is 8.42 Å². The van der Waals surface area contributed by atoms with Crippen molar-refractivity contribution in [2.24, 2.45) is 0 Å². The molecule has 0 spiro atoms. The van der Waals surface area contributed by atoms with Crippen molar-refractivity contribution < 1.29 is 18.0 Å². The summed E-state index contributed by atoms with van der Waals surface area (Å²) in [5.41, 5.74) is 1.84. The first-order chi connectivity index (χ1) is 18.6. The molecule has 39 heavy (non-hydrogen) atoms. The number of carbonyl (C=O) groups excluding carboxylic acids is 2. The first-order valence-electron chi connectivity index (χ1n) is 12.7. The molecule has 0 aliphatic heterocycles. The Labute approximate surface area is 240 Å². The fourth-order valence-corrected chi connectivity index (χ4v) is 5.38. The first kappa shape index (κ1) is 30.5. The van der Waals surface area contributed by atoms with E-state index in [1.54, 1.807) is 36.4 Å². The van der Waals surface area contributed by atoms with Gasteiger partial charge in [-0.2, -0.15) is 0 Å². The Bertz CT molecular complexity index is 1370. The summed E-state index contributed by atoms with van der Waals surface area (Å²) in [6, 6.07) is 21.8.